The summed E-state index contributed by atoms with van der Waals surface area (Å²) >= 11 is 0. The molecular formula is C21H22N4O3. The summed E-state index contributed by atoms with van der Waals surface area (Å²) in [6, 6.07) is 5.88. The van der Waals surface area contributed by atoms with Crippen molar-refractivity contribution < 1.29 is 14.9 Å². The fraction of sp³-hybridized carbons (Fsp3) is 0.381. The second kappa shape index (κ2) is 6.91. The third-order valence-electron chi connectivity index (χ3n) is 5.72. The lowest BCUT2D eigenvalue weighted by Gasteiger charge is -2.26. The van der Waals surface area contributed by atoms with E-state index in [1.807, 2.05) is 18.2 Å². The number of nitrogens with one attached hydrogen (secondary N) is 1. The molecule has 0 spiro atoms. The number of phenols is 1. The molecule has 1 aromatic carbocycles. The van der Waals surface area contributed by atoms with Crippen molar-refractivity contribution in [1.29, 1.82) is 0 Å². The molecule has 3 aromatic rings. The maximum absolute atomic E-state index is 10.8. The number of hydrogen-bond acceptors (Lipinski definition) is 7. The fourth-order valence-electron chi connectivity index (χ4n) is 4.17. The number of nitrogens with zero attached hydrogens (tertiary/aromatic N) is 3. The van der Waals surface area contributed by atoms with E-state index in [1.54, 1.807) is 12.4 Å². The van der Waals surface area contributed by atoms with Gasteiger partial charge in [0, 0.05) is 46.8 Å². The number of phenolic OH excluding ortho intramolecular Hbond substituents is 1. The van der Waals surface area contributed by atoms with E-state index in [-0.39, 0.29) is 17.9 Å². The molecule has 1 aliphatic carbocycles. The van der Waals surface area contributed by atoms with Crippen LogP contribution in [0.25, 0.3) is 22.0 Å². The largest absolute Gasteiger partial charge is 0.507 e. The number of ether oxygens (including phenoxy) is 1. The monoisotopic (exact) mass is 378 g/mol. The minimum absolute atomic E-state index is 0.198. The van der Waals surface area contributed by atoms with Gasteiger partial charge in [0.25, 0.3) is 0 Å². The average Bonchev–Trinajstić information content (AvgIpc) is 3.20. The Morgan fingerprint density at radius 1 is 1.04 bits per heavy atom. The van der Waals surface area contributed by atoms with E-state index in [2.05, 4.69) is 20.5 Å². The van der Waals surface area contributed by atoms with Crippen LogP contribution >= 0.6 is 0 Å². The van der Waals surface area contributed by atoms with Crippen molar-refractivity contribution in [3.63, 3.8) is 0 Å². The highest BCUT2D eigenvalue weighted by Crippen LogP contribution is 2.42. The molecule has 28 heavy (non-hydrogen) atoms. The standard InChI is InChI=1S/C21H22N4O3/c26-13-3-1-12(2-4-13)23-21-17-11-22-9-7-14(17)19(24-25-21)16-5-6-18-15(20(16)27)8-10-28-18/h5-7,9,11-13,26-27H,1-4,8,10H2,(H,23,25). The van der Waals surface area contributed by atoms with Crippen molar-refractivity contribution in [3.05, 3.63) is 36.2 Å². The molecule has 3 heterocycles. The molecule has 0 amide bonds. The zero-order valence-electron chi connectivity index (χ0n) is 15.4. The Morgan fingerprint density at radius 2 is 1.89 bits per heavy atom. The topological polar surface area (TPSA) is 100 Å². The summed E-state index contributed by atoms with van der Waals surface area (Å²) in [7, 11) is 0. The molecule has 0 saturated heterocycles. The molecule has 7 nitrogen and oxygen atoms in total. The molecule has 0 bridgehead atoms. The Labute approximate surface area is 162 Å². The van der Waals surface area contributed by atoms with Crippen LogP contribution in [0.5, 0.6) is 11.5 Å². The molecule has 0 atom stereocenters. The van der Waals surface area contributed by atoms with E-state index in [1.165, 1.54) is 0 Å². The highest BCUT2D eigenvalue weighted by molar-refractivity contribution is 6.00. The van der Waals surface area contributed by atoms with E-state index in [0.717, 1.165) is 47.8 Å². The van der Waals surface area contributed by atoms with Crippen LogP contribution in [0.3, 0.4) is 0 Å². The number of aromatic hydroxyl groups is 1. The molecule has 7 heteroatoms. The number of aliphatic hydroxyl groups excluding tert-OH is 1. The zero-order valence-corrected chi connectivity index (χ0v) is 15.4. The lowest BCUT2D eigenvalue weighted by Crippen LogP contribution is -2.28. The normalized spacial score (nSPS) is 21.3. The zero-order chi connectivity index (χ0) is 19.1. The first-order chi connectivity index (χ1) is 13.7. The van der Waals surface area contributed by atoms with E-state index in [0.29, 0.717) is 30.1 Å². The number of hydrogen-bond donors (Lipinski definition) is 3. The first kappa shape index (κ1) is 17.2. The van der Waals surface area contributed by atoms with Gasteiger partial charge in [-0.15, -0.1) is 10.2 Å². The SMILES string of the molecule is Oc1c(-c2nnc(NC3CCC(O)CC3)c3cnccc23)ccc2c1CCO2. The van der Waals surface area contributed by atoms with Gasteiger partial charge in [-0.1, -0.05) is 0 Å². The van der Waals surface area contributed by atoms with Crippen LogP contribution in [-0.4, -0.2) is 44.1 Å². The van der Waals surface area contributed by atoms with E-state index < -0.39 is 0 Å². The lowest BCUT2D eigenvalue weighted by molar-refractivity contribution is 0.126. The van der Waals surface area contributed by atoms with Crippen molar-refractivity contribution in [1.82, 2.24) is 15.2 Å². The second-order valence-electron chi connectivity index (χ2n) is 7.51. The lowest BCUT2D eigenvalue weighted by atomic mass is 9.93. The van der Waals surface area contributed by atoms with Gasteiger partial charge in [-0.05, 0) is 43.9 Å². The third kappa shape index (κ3) is 2.92. The van der Waals surface area contributed by atoms with Crippen LogP contribution in [-0.2, 0) is 6.42 Å². The van der Waals surface area contributed by atoms with Gasteiger partial charge in [0.05, 0.1) is 12.7 Å². The summed E-state index contributed by atoms with van der Waals surface area (Å²) in [5.74, 6) is 1.64. The van der Waals surface area contributed by atoms with Gasteiger partial charge in [-0.25, -0.2) is 0 Å². The highest BCUT2D eigenvalue weighted by Gasteiger charge is 2.24. The van der Waals surface area contributed by atoms with Crippen molar-refractivity contribution in [2.24, 2.45) is 0 Å². The maximum Gasteiger partial charge on any atom is 0.158 e. The third-order valence-corrected chi connectivity index (χ3v) is 5.72. The Balaban J connectivity index is 1.55. The highest BCUT2D eigenvalue weighted by atomic mass is 16.5. The van der Waals surface area contributed by atoms with Gasteiger partial charge in [0.2, 0.25) is 0 Å². The first-order valence-electron chi connectivity index (χ1n) is 9.73. The average molecular weight is 378 g/mol. The predicted molar refractivity (Wildman–Crippen MR) is 106 cm³/mol. The molecule has 0 radical (unpaired) electrons. The number of benzene rings is 1. The van der Waals surface area contributed by atoms with Crippen LogP contribution < -0.4 is 10.1 Å². The van der Waals surface area contributed by atoms with Gasteiger partial charge in [0.15, 0.2) is 5.82 Å². The van der Waals surface area contributed by atoms with Gasteiger partial charge in [-0.3, -0.25) is 4.98 Å². The van der Waals surface area contributed by atoms with Crippen LogP contribution in [0, 0.1) is 0 Å². The van der Waals surface area contributed by atoms with E-state index in [9.17, 15) is 10.2 Å². The molecule has 1 fully saturated rings. The minimum atomic E-state index is -0.198. The second-order valence-corrected chi connectivity index (χ2v) is 7.51. The smallest absolute Gasteiger partial charge is 0.158 e. The fourth-order valence-corrected chi connectivity index (χ4v) is 4.17. The Kier molecular flexibility index (Phi) is 4.24. The molecule has 144 valence electrons. The van der Waals surface area contributed by atoms with Crippen molar-refractivity contribution in [3.8, 4) is 22.8 Å². The van der Waals surface area contributed by atoms with E-state index in [4.69, 9.17) is 4.74 Å². The first-order valence-corrected chi connectivity index (χ1v) is 9.73. The number of aromatic nitrogens is 3. The molecule has 5 rings (SSSR count). The maximum atomic E-state index is 10.8. The van der Waals surface area contributed by atoms with Gasteiger partial charge >= 0.3 is 0 Å². The van der Waals surface area contributed by atoms with Crippen molar-refractivity contribution in [2.45, 2.75) is 44.2 Å². The summed E-state index contributed by atoms with van der Waals surface area (Å²) in [4.78, 5) is 4.26. The van der Waals surface area contributed by atoms with Gasteiger partial charge in [-0.2, -0.15) is 0 Å². The summed E-state index contributed by atoms with van der Waals surface area (Å²) in [5, 5.41) is 34.6. The molecule has 0 unspecified atom stereocenters. The minimum Gasteiger partial charge on any atom is -0.507 e. The number of rotatable bonds is 3. The Hall–Kier alpha value is -2.93. The number of fused-ring (bicyclic) bond motifs is 2. The summed E-state index contributed by atoms with van der Waals surface area (Å²) in [6.45, 7) is 0.585. The quantitative estimate of drug-likeness (QED) is 0.644. The van der Waals surface area contributed by atoms with Crippen molar-refractivity contribution in [2.75, 3.05) is 11.9 Å². The van der Waals surface area contributed by atoms with Crippen LogP contribution in [0.15, 0.2) is 30.6 Å². The van der Waals surface area contributed by atoms with Crippen LogP contribution in [0.1, 0.15) is 31.2 Å². The molecule has 2 aromatic heterocycles. The van der Waals surface area contributed by atoms with Gasteiger partial charge < -0.3 is 20.3 Å². The number of pyridine rings is 1. The molecular weight excluding hydrogens is 356 g/mol. The molecule has 2 aliphatic rings. The number of aliphatic hydroxyl groups is 1. The summed E-state index contributed by atoms with van der Waals surface area (Å²) in [6.07, 6.45) is 7.39. The molecule has 3 N–H and O–H groups in total. The molecule has 1 aliphatic heterocycles. The predicted octanol–water partition coefficient (Wildman–Crippen LogP) is 3.05. The van der Waals surface area contributed by atoms with Crippen molar-refractivity contribution >= 4 is 16.6 Å². The Bertz CT molecular complexity index is 1030. The summed E-state index contributed by atoms with van der Waals surface area (Å²) in [5.41, 5.74) is 2.11. The van der Waals surface area contributed by atoms with E-state index >= 15 is 0 Å². The summed E-state index contributed by atoms with van der Waals surface area (Å²) < 4.78 is 5.54. The van der Waals surface area contributed by atoms with Crippen LogP contribution in [0.2, 0.25) is 0 Å². The number of anilines is 1. The molecule has 1 saturated carbocycles. The Morgan fingerprint density at radius 3 is 2.75 bits per heavy atom. The van der Waals surface area contributed by atoms with Gasteiger partial charge in [0.1, 0.15) is 17.2 Å². The van der Waals surface area contributed by atoms with Crippen LogP contribution in [0.4, 0.5) is 5.82 Å².